The van der Waals surface area contributed by atoms with Crippen LogP contribution in [0.5, 0.6) is 0 Å². The summed E-state index contributed by atoms with van der Waals surface area (Å²) in [6.07, 6.45) is 3.76. The molecule has 1 aliphatic rings. The van der Waals surface area contributed by atoms with Gasteiger partial charge >= 0.3 is 0 Å². The third-order valence-corrected chi connectivity index (χ3v) is 4.41. The topological polar surface area (TPSA) is 49.7 Å². The molecule has 0 saturated carbocycles. The number of hydrogen-bond acceptors (Lipinski definition) is 3. The molecule has 1 heterocycles. The lowest BCUT2D eigenvalue weighted by Gasteiger charge is -2.01. The second-order valence-electron chi connectivity index (χ2n) is 4.13. The monoisotopic (exact) mass is 255 g/mol. The summed E-state index contributed by atoms with van der Waals surface area (Å²) >= 11 is 0. The second-order valence-corrected chi connectivity index (χ2v) is 5.91. The molecule has 1 saturated heterocycles. The maximum atomic E-state index is 12.0. The van der Waals surface area contributed by atoms with Gasteiger partial charge in [-0.25, -0.2) is 8.42 Å². The molecule has 0 aromatic heterocycles. The predicted octanol–water partition coefficient (Wildman–Crippen LogP) is 2.53. The Labute approximate surface area is 102 Å². The summed E-state index contributed by atoms with van der Waals surface area (Å²) in [5.41, 5.74) is 0. The fourth-order valence-electron chi connectivity index (χ4n) is 1.73. The summed E-state index contributed by atoms with van der Waals surface area (Å²) in [6, 6.07) is 8.38. The van der Waals surface area contributed by atoms with E-state index in [4.69, 9.17) is 4.84 Å². The zero-order valence-corrected chi connectivity index (χ0v) is 10.7. The maximum absolute atomic E-state index is 12.0. The Balaban J connectivity index is 1.96. The van der Waals surface area contributed by atoms with E-state index in [2.05, 4.69) is 6.92 Å². The zero-order valence-electron chi connectivity index (χ0n) is 9.87. The van der Waals surface area contributed by atoms with Gasteiger partial charge in [0.2, 0.25) is 0 Å². The summed E-state index contributed by atoms with van der Waals surface area (Å²) in [7, 11) is -3.44. The highest BCUT2D eigenvalue weighted by atomic mass is 32.2. The summed E-state index contributed by atoms with van der Waals surface area (Å²) in [6.45, 7) is 2.12. The molecule has 2 unspecified atom stereocenters. The molecule has 0 radical (unpaired) electrons. The minimum Gasteiger partial charge on any atom is -0.259 e. The van der Waals surface area contributed by atoms with Crippen LogP contribution in [0.25, 0.3) is 0 Å². The van der Waals surface area contributed by atoms with E-state index in [0.29, 0.717) is 0 Å². The highest BCUT2D eigenvalue weighted by molar-refractivity contribution is 7.89. The lowest BCUT2D eigenvalue weighted by molar-refractivity contribution is 0.279. The van der Waals surface area contributed by atoms with Gasteiger partial charge in [-0.05, 0) is 29.4 Å². The van der Waals surface area contributed by atoms with Crippen molar-refractivity contribution in [3.8, 4) is 0 Å². The molecule has 1 aromatic rings. The van der Waals surface area contributed by atoms with Crippen molar-refractivity contribution in [2.75, 3.05) is 0 Å². The molecule has 1 aliphatic heterocycles. The molecule has 1 aromatic carbocycles. The van der Waals surface area contributed by atoms with Crippen LogP contribution in [0.3, 0.4) is 0 Å². The quantitative estimate of drug-likeness (QED) is 0.579. The average molecular weight is 255 g/mol. The van der Waals surface area contributed by atoms with Gasteiger partial charge in [-0.3, -0.25) is 4.84 Å². The van der Waals surface area contributed by atoms with Crippen LogP contribution in [0.2, 0.25) is 0 Å². The van der Waals surface area contributed by atoms with E-state index in [9.17, 15) is 8.42 Å². The van der Waals surface area contributed by atoms with Crippen molar-refractivity contribution in [2.45, 2.75) is 43.7 Å². The van der Waals surface area contributed by atoms with Crippen molar-refractivity contribution in [3.05, 3.63) is 30.3 Å². The van der Waals surface area contributed by atoms with Gasteiger partial charge < -0.3 is 0 Å². The molecule has 17 heavy (non-hydrogen) atoms. The van der Waals surface area contributed by atoms with Gasteiger partial charge in [0.15, 0.2) is 6.23 Å². The van der Waals surface area contributed by atoms with Crippen molar-refractivity contribution in [3.63, 3.8) is 0 Å². The van der Waals surface area contributed by atoms with Gasteiger partial charge in [0.25, 0.3) is 10.0 Å². The van der Waals surface area contributed by atoms with Gasteiger partial charge in [0.1, 0.15) is 0 Å². The number of benzene rings is 1. The fraction of sp³-hybridized carbons (Fsp3) is 0.500. The van der Waals surface area contributed by atoms with Crippen molar-refractivity contribution in [2.24, 2.45) is 0 Å². The van der Waals surface area contributed by atoms with Crippen LogP contribution < -0.4 is 0 Å². The molecule has 0 spiro atoms. The predicted molar refractivity (Wildman–Crippen MR) is 64.5 cm³/mol. The van der Waals surface area contributed by atoms with Gasteiger partial charge in [-0.1, -0.05) is 38.0 Å². The first kappa shape index (κ1) is 12.5. The highest BCUT2D eigenvalue weighted by Crippen LogP contribution is 2.33. The van der Waals surface area contributed by atoms with Crippen LogP contribution in [0, 0.1) is 0 Å². The molecule has 1 fully saturated rings. The van der Waals surface area contributed by atoms with Crippen molar-refractivity contribution in [1.29, 1.82) is 0 Å². The van der Waals surface area contributed by atoms with Crippen LogP contribution in [0.1, 0.15) is 32.6 Å². The largest absolute Gasteiger partial charge is 0.267 e. The Bertz CT molecular complexity index is 458. The molecule has 0 bridgehead atoms. The van der Waals surface area contributed by atoms with E-state index < -0.39 is 10.0 Å². The first-order valence-corrected chi connectivity index (χ1v) is 7.36. The van der Waals surface area contributed by atoms with Gasteiger partial charge in [-0.15, -0.1) is 0 Å². The van der Waals surface area contributed by atoms with E-state index >= 15 is 0 Å². The molecule has 5 heteroatoms. The molecule has 4 nitrogen and oxygen atoms in total. The molecule has 2 atom stereocenters. The maximum Gasteiger partial charge on any atom is 0.267 e. The lowest BCUT2D eigenvalue weighted by Crippen LogP contribution is -2.14. The SMILES string of the molecule is CCCCCC1ON1S(=O)(=O)c1ccccc1. The van der Waals surface area contributed by atoms with Crippen molar-refractivity contribution in [1.82, 2.24) is 4.47 Å². The Kier molecular flexibility index (Phi) is 3.81. The first-order chi connectivity index (χ1) is 8.16. The van der Waals surface area contributed by atoms with Gasteiger partial charge in [0, 0.05) is 0 Å². The van der Waals surface area contributed by atoms with Gasteiger partial charge in [-0.2, -0.15) is 0 Å². The molecule has 0 amide bonds. The van der Waals surface area contributed by atoms with E-state index in [-0.39, 0.29) is 11.1 Å². The minimum atomic E-state index is -3.44. The summed E-state index contributed by atoms with van der Waals surface area (Å²) in [4.78, 5) is 5.42. The summed E-state index contributed by atoms with van der Waals surface area (Å²) in [5.74, 6) is 0. The molecular weight excluding hydrogens is 238 g/mol. The van der Waals surface area contributed by atoms with Crippen LogP contribution in [0.15, 0.2) is 35.2 Å². The number of rotatable bonds is 6. The van der Waals surface area contributed by atoms with Crippen LogP contribution in [-0.4, -0.2) is 19.1 Å². The summed E-state index contributed by atoms with van der Waals surface area (Å²) in [5, 5.41) is 0. The zero-order chi connectivity index (χ0) is 12.3. The number of sulfonamides is 1. The Morgan fingerprint density at radius 2 is 1.94 bits per heavy atom. The van der Waals surface area contributed by atoms with Crippen LogP contribution >= 0.6 is 0 Å². The van der Waals surface area contributed by atoms with E-state index in [1.54, 1.807) is 30.3 Å². The Morgan fingerprint density at radius 1 is 1.24 bits per heavy atom. The highest BCUT2D eigenvalue weighted by Gasteiger charge is 2.46. The fourth-order valence-corrected chi connectivity index (χ4v) is 3.06. The normalized spacial score (nSPS) is 23.6. The number of nitrogens with zero attached hydrogens (tertiary/aromatic N) is 1. The summed E-state index contributed by atoms with van der Waals surface area (Å²) < 4.78 is 25.2. The Morgan fingerprint density at radius 3 is 2.59 bits per heavy atom. The van der Waals surface area contributed by atoms with Crippen LogP contribution in [0.4, 0.5) is 0 Å². The van der Waals surface area contributed by atoms with E-state index in [0.717, 1.165) is 30.2 Å². The third kappa shape index (κ3) is 2.86. The molecule has 0 N–H and O–H groups in total. The molecule has 2 rings (SSSR count). The lowest BCUT2D eigenvalue weighted by atomic mass is 10.2. The van der Waals surface area contributed by atoms with Crippen molar-refractivity contribution < 1.29 is 13.3 Å². The molecule has 0 aliphatic carbocycles. The molecular formula is C12H17NO3S. The van der Waals surface area contributed by atoms with Crippen molar-refractivity contribution >= 4 is 10.0 Å². The molecule has 94 valence electrons. The van der Waals surface area contributed by atoms with Crippen LogP contribution in [-0.2, 0) is 14.9 Å². The Hall–Kier alpha value is -0.910. The smallest absolute Gasteiger partial charge is 0.259 e. The third-order valence-electron chi connectivity index (χ3n) is 2.75. The van der Waals surface area contributed by atoms with E-state index in [1.165, 1.54) is 0 Å². The van der Waals surface area contributed by atoms with E-state index in [1.807, 2.05) is 0 Å². The van der Waals surface area contributed by atoms with Gasteiger partial charge in [0.05, 0.1) is 4.90 Å². The number of unbranched alkanes of at least 4 members (excludes halogenated alkanes) is 2. The number of hydroxylamine groups is 1. The second kappa shape index (κ2) is 5.16. The average Bonchev–Trinajstić information content (AvgIpc) is 3.11. The number of hydrogen-bond donors (Lipinski definition) is 0. The first-order valence-electron chi connectivity index (χ1n) is 5.92. The minimum absolute atomic E-state index is 0.258. The standard InChI is InChI=1S/C12H17NO3S/c1-2-3-5-10-12-13(16-12)17(14,15)11-8-6-4-7-9-11/h4,6-9,12H,2-3,5,10H2,1H3.